The van der Waals surface area contributed by atoms with E-state index in [4.69, 9.17) is 10.4 Å². The van der Waals surface area contributed by atoms with Gasteiger partial charge in [-0.3, -0.25) is 4.79 Å². The molecule has 1 rings (SSSR count). The van der Waals surface area contributed by atoms with Gasteiger partial charge in [0.15, 0.2) is 0 Å². The predicted molar refractivity (Wildman–Crippen MR) is 77.2 cm³/mol. The first-order valence-corrected chi connectivity index (χ1v) is 7.83. The number of carbonyl (C=O) groups is 1. The highest BCUT2D eigenvalue weighted by molar-refractivity contribution is 7.89. The zero-order valence-corrected chi connectivity index (χ0v) is 13.0. The van der Waals surface area contributed by atoms with Gasteiger partial charge >= 0.3 is 5.97 Å². The second kappa shape index (κ2) is 6.24. The summed E-state index contributed by atoms with van der Waals surface area (Å²) in [5.74, 6) is -0.990. The maximum absolute atomic E-state index is 12.4. The standard InChI is InChI=1S/C14H18N2O4S/c1-10-5-4-6-12(11(10)9-15)21(19,20)16-14(2,3)8-7-13(17)18/h4-6,16H,7-8H2,1-3H3,(H,17,18). The van der Waals surface area contributed by atoms with Gasteiger partial charge in [-0.05, 0) is 38.8 Å². The molecule has 0 heterocycles. The lowest BCUT2D eigenvalue weighted by molar-refractivity contribution is -0.137. The number of aliphatic carboxylic acids is 1. The van der Waals surface area contributed by atoms with Crippen molar-refractivity contribution in [3.63, 3.8) is 0 Å². The third kappa shape index (κ3) is 4.55. The van der Waals surface area contributed by atoms with E-state index in [1.165, 1.54) is 6.07 Å². The summed E-state index contributed by atoms with van der Waals surface area (Å²) in [6, 6.07) is 6.48. The number of nitriles is 1. The molecule has 7 heteroatoms. The zero-order chi connectivity index (χ0) is 16.3. The van der Waals surface area contributed by atoms with E-state index in [0.29, 0.717) is 5.56 Å². The molecule has 0 bridgehead atoms. The Hall–Kier alpha value is -1.91. The average molecular weight is 310 g/mol. The number of carboxylic acid groups (broad SMARTS) is 1. The Morgan fingerprint density at radius 1 is 1.43 bits per heavy atom. The van der Waals surface area contributed by atoms with Crippen molar-refractivity contribution in [3.8, 4) is 6.07 Å². The molecule has 0 radical (unpaired) electrons. The molecule has 21 heavy (non-hydrogen) atoms. The summed E-state index contributed by atoms with van der Waals surface area (Å²) in [5, 5.41) is 17.8. The summed E-state index contributed by atoms with van der Waals surface area (Å²) in [6.45, 7) is 4.87. The fraction of sp³-hybridized carbons (Fsp3) is 0.429. The van der Waals surface area contributed by atoms with Gasteiger partial charge in [0.1, 0.15) is 11.0 Å². The largest absolute Gasteiger partial charge is 0.481 e. The molecule has 0 unspecified atom stereocenters. The van der Waals surface area contributed by atoms with E-state index in [1.807, 2.05) is 6.07 Å². The third-order valence-corrected chi connectivity index (χ3v) is 4.75. The molecule has 2 N–H and O–H groups in total. The van der Waals surface area contributed by atoms with Crippen LogP contribution in [0.3, 0.4) is 0 Å². The first-order valence-electron chi connectivity index (χ1n) is 6.34. The summed E-state index contributed by atoms with van der Waals surface area (Å²) in [5.41, 5.74) is -0.254. The summed E-state index contributed by atoms with van der Waals surface area (Å²) in [7, 11) is -3.90. The van der Waals surface area contributed by atoms with E-state index >= 15 is 0 Å². The molecule has 0 aliphatic rings. The molecule has 0 atom stereocenters. The first-order chi connectivity index (χ1) is 9.59. The molecular formula is C14H18N2O4S. The van der Waals surface area contributed by atoms with Crippen LogP contribution < -0.4 is 4.72 Å². The Kier molecular flexibility index (Phi) is 5.10. The molecule has 0 fully saturated rings. The zero-order valence-electron chi connectivity index (χ0n) is 12.2. The second-order valence-electron chi connectivity index (χ2n) is 5.44. The molecule has 114 valence electrons. The molecule has 1 aromatic carbocycles. The van der Waals surface area contributed by atoms with Crippen molar-refractivity contribution in [2.45, 2.75) is 44.0 Å². The summed E-state index contributed by atoms with van der Waals surface area (Å²) >= 11 is 0. The van der Waals surface area contributed by atoms with Crippen LogP contribution >= 0.6 is 0 Å². The van der Waals surface area contributed by atoms with E-state index in [-0.39, 0.29) is 23.3 Å². The van der Waals surface area contributed by atoms with Crippen LogP contribution in [0.1, 0.15) is 37.8 Å². The maximum Gasteiger partial charge on any atom is 0.303 e. The Morgan fingerprint density at radius 2 is 2.05 bits per heavy atom. The second-order valence-corrected chi connectivity index (χ2v) is 7.09. The van der Waals surface area contributed by atoms with Crippen molar-refractivity contribution in [2.24, 2.45) is 0 Å². The summed E-state index contributed by atoms with van der Waals surface area (Å²) < 4.78 is 27.3. The van der Waals surface area contributed by atoms with Crippen LogP contribution in [0.15, 0.2) is 23.1 Å². The number of hydrogen-bond acceptors (Lipinski definition) is 4. The highest BCUT2D eigenvalue weighted by Crippen LogP contribution is 2.21. The van der Waals surface area contributed by atoms with Crippen molar-refractivity contribution in [1.82, 2.24) is 4.72 Å². The number of benzene rings is 1. The van der Waals surface area contributed by atoms with E-state index < -0.39 is 21.5 Å². The van der Waals surface area contributed by atoms with Crippen LogP contribution in [0, 0.1) is 18.3 Å². The average Bonchev–Trinajstić information content (AvgIpc) is 2.35. The number of carboxylic acids is 1. The minimum absolute atomic E-state index is 0.0894. The summed E-state index contributed by atoms with van der Waals surface area (Å²) in [4.78, 5) is 10.5. The Labute approximate surface area is 124 Å². The molecule has 1 aromatic rings. The topological polar surface area (TPSA) is 107 Å². The fourth-order valence-corrected chi connectivity index (χ4v) is 3.57. The van der Waals surface area contributed by atoms with Gasteiger partial charge in [-0.15, -0.1) is 0 Å². The molecular weight excluding hydrogens is 292 g/mol. The number of aryl methyl sites for hydroxylation is 1. The van der Waals surface area contributed by atoms with Gasteiger partial charge < -0.3 is 5.11 Å². The number of hydrogen-bond donors (Lipinski definition) is 2. The van der Waals surface area contributed by atoms with Gasteiger partial charge in [0.2, 0.25) is 10.0 Å². The fourth-order valence-electron chi connectivity index (χ4n) is 1.90. The van der Waals surface area contributed by atoms with Crippen molar-refractivity contribution >= 4 is 16.0 Å². The smallest absolute Gasteiger partial charge is 0.303 e. The molecule has 0 aliphatic carbocycles. The van der Waals surface area contributed by atoms with Crippen molar-refractivity contribution in [3.05, 3.63) is 29.3 Å². The lowest BCUT2D eigenvalue weighted by atomic mass is 10.0. The first kappa shape index (κ1) is 17.1. The highest BCUT2D eigenvalue weighted by atomic mass is 32.2. The van der Waals surface area contributed by atoms with Gasteiger partial charge in [0.25, 0.3) is 0 Å². The van der Waals surface area contributed by atoms with Crippen LogP contribution in [-0.4, -0.2) is 25.0 Å². The molecule has 6 nitrogen and oxygen atoms in total. The van der Waals surface area contributed by atoms with Gasteiger partial charge in [0.05, 0.1) is 5.56 Å². The van der Waals surface area contributed by atoms with Crippen LogP contribution in [0.2, 0.25) is 0 Å². The Morgan fingerprint density at radius 3 is 2.57 bits per heavy atom. The lowest BCUT2D eigenvalue weighted by Crippen LogP contribution is -2.43. The quantitative estimate of drug-likeness (QED) is 0.833. The van der Waals surface area contributed by atoms with Gasteiger partial charge in [-0.25, -0.2) is 13.1 Å². The Balaban J connectivity index is 3.11. The lowest BCUT2D eigenvalue weighted by Gasteiger charge is -2.25. The van der Waals surface area contributed by atoms with E-state index in [0.717, 1.165) is 0 Å². The minimum atomic E-state index is -3.90. The summed E-state index contributed by atoms with van der Waals surface area (Å²) in [6.07, 6.45) is 0.00368. The minimum Gasteiger partial charge on any atom is -0.481 e. The predicted octanol–water partition coefficient (Wildman–Crippen LogP) is 1.79. The Bertz CT molecular complexity index is 687. The number of rotatable bonds is 6. The number of sulfonamides is 1. The molecule has 0 amide bonds. The van der Waals surface area contributed by atoms with Crippen molar-refractivity contribution < 1.29 is 18.3 Å². The molecule has 0 saturated heterocycles. The van der Waals surface area contributed by atoms with Crippen molar-refractivity contribution in [1.29, 1.82) is 5.26 Å². The number of nitrogens with one attached hydrogen (secondary N) is 1. The monoisotopic (exact) mass is 310 g/mol. The SMILES string of the molecule is Cc1cccc(S(=O)(=O)NC(C)(C)CCC(=O)O)c1C#N. The molecule has 0 spiro atoms. The van der Waals surface area contributed by atoms with E-state index in [1.54, 1.807) is 32.9 Å². The van der Waals surface area contributed by atoms with Crippen molar-refractivity contribution in [2.75, 3.05) is 0 Å². The van der Waals surface area contributed by atoms with Crippen LogP contribution in [0.25, 0.3) is 0 Å². The highest BCUT2D eigenvalue weighted by Gasteiger charge is 2.28. The molecule has 0 aliphatic heterocycles. The normalized spacial score (nSPS) is 11.9. The van der Waals surface area contributed by atoms with Crippen LogP contribution in [0.4, 0.5) is 0 Å². The number of nitrogens with zero attached hydrogens (tertiary/aromatic N) is 1. The third-order valence-electron chi connectivity index (χ3n) is 3.01. The molecule has 0 saturated carbocycles. The van der Waals surface area contributed by atoms with Gasteiger partial charge in [0, 0.05) is 12.0 Å². The molecule has 0 aromatic heterocycles. The van der Waals surface area contributed by atoms with Crippen LogP contribution in [0.5, 0.6) is 0 Å². The van der Waals surface area contributed by atoms with E-state index in [2.05, 4.69) is 4.72 Å². The van der Waals surface area contributed by atoms with Gasteiger partial charge in [-0.2, -0.15) is 5.26 Å². The van der Waals surface area contributed by atoms with Gasteiger partial charge in [-0.1, -0.05) is 12.1 Å². The van der Waals surface area contributed by atoms with E-state index in [9.17, 15) is 13.2 Å². The van der Waals surface area contributed by atoms with Crippen LogP contribution in [-0.2, 0) is 14.8 Å². The maximum atomic E-state index is 12.4.